The topological polar surface area (TPSA) is 91.9 Å². The van der Waals surface area contributed by atoms with Crippen LogP contribution >= 0.6 is 0 Å². The Morgan fingerprint density at radius 2 is 1.87 bits per heavy atom. The first kappa shape index (κ1) is 19.9. The first-order valence-electron chi connectivity index (χ1n) is 9.59. The summed E-state index contributed by atoms with van der Waals surface area (Å²) in [5.41, 5.74) is 0.614. The van der Waals surface area contributed by atoms with Gasteiger partial charge in [0.05, 0.1) is 11.3 Å². The van der Waals surface area contributed by atoms with Crippen LogP contribution in [0.5, 0.6) is 5.75 Å². The highest BCUT2D eigenvalue weighted by molar-refractivity contribution is 6.00. The predicted molar refractivity (Wildman–Crippen MR) is 114 cm³/mol. The molecule has 0 fully saturated rings. The Balaban J connectivity index is 1.87. The molecule has 0 spiro atoms. The van der Waals surface area contributed by atoms with Crippen molar-refractivity contribution >= 4 is 23.7 Å². The van der Waals surface area contributed by atoms with Crippen LogP contribution in [0.1, 0.15) is 33.8 Å². The van der Waals surface area contributed by atoms with E-state index in [9.17, 15) is 15.0 Å². The van der Waals surface area contributed by atoms with E-state index in [1.165, 1.54) is 7.11 Å². The van der Waals surface area contributed by atoms with Gasteiger partial charge in [0.25, 0.3) is 5.91 Å². The lowest BCUT2D eigenvalue weighted by Gasteiger charge is -2.40. The maximum absolute atomic E-state index is 12.6. The summed E-state index contributed by atoms with van der Waals surface area (Å²) in [5.74, 6) is 0.856. The van der Waals surface area contributed by atoms with Crippen molar-refractivity contribution in [3.05, 3.63) is 82.3 Å². The van der Waals surface area contributed by atoms with Gasteiger partial charge in [-0.25, -0.2) is 0 Å². The van der Waals surface area contributed by atoms with Crippen LogP contribution in [0.25, 0.3) is 12.2 Å². The van der Waals surface area contributed by atoms with E-state index in [0.29, 0.717) is 22.6 Å². The number of fused-ring (bicyclic) bond motifs is 1. The number of hydrogen-bond donors (Lipinski definition) is 3. The van der Waals surface area contributed by atoms with Crippen LogP contribution < -0.4 is 5.32 Å². The molecule has 0 bridgehead atoms. The Bertz CT molecular complexity index is 1110. The number of carbonyl (C=O) groups excluding carboxylic acids is 1. The molecule has 6 heteroatoms. The Hall–Kier alpha value is -3.35. The fourth-order valence-electron chi connectivity index (χ4n) is 3.87. The summed E-state index contributed by atoms with van der Waals surface area (Å²) >= 11 is 0. The molecule has 0 saturated heterocycles. The molecular formula is C24H23NO5. The number of nitrogens with one attached hydrogen (secondary N) is 1. The second-order valence-corrected chi connectivity index (χ2v) is 7.38. The number of carbonyl (C=O) groups is 1. The zero-order chi connectivity index (χ0) is 21.5. The van der Waals surface area contributed by atoms with E-state index in [1.807, 2.05) is 26.0 Å². The number of phenols is 1. The first-order chi connectivity index (χ1) is 14.4. The second kappa shape index (κ2) is 7.48. The van der Waals surface area contributed by atoms with Gasteiger partial charge in [0.2, 0.25) is 0 Å². The largest absolute Gasteiger partial charge is 0.507 e. The third-order valence-electron chi connectivity index (χ3n) is 5.53. The molecule has 3 N–H and O–H groups in total. The van der Waals surface area contributed by atoms with Crippen molar-refractivity contribution in [3.8, 4) is 5.75 Å². The molecule has 1 amide bonds. The molecule has 3 aromatic rings. The number of aliphatic hydroxyl groups is 1. The number of anilines is 1. The molecule has 0 saturated carbocycles. The van der Waals surface area contributed by atoms with E-state index in [2.05, 4.69) is 5.32 Å². The summed E-state index contributed by atoms with van der Waals surface area (Å²) in [6, 6.07) is 14.0. The minimum atomic E-state index is -1.86. The fourth-order valence-corrected chi connectivity index (χ4v) is 3.87. The number of ether oxygens (including phenoxy) is 1. The molecule has 2 aromatic carbocycles. The predicted octanol–water partition coefficient (Wildman–Crippen LogP) is 3.98. The Kier molecular flexibility index (Phi) is 4.97. The number of hydrogen-bond acceptors (Lipinski definition) is 5. The summed E-state index contributed by atoms with van der Waals surface area (Å²) < 4.78 is 11.0. The molecular weight excluding hydrogens is 382 g/mol. The van der Waals surface area contributed by atoms with Gasteiger partial charge in [0.15, 0.2) is 11.7 Å². The van der Waals surface area contributed by atoms with Crippen molar-refractivity contribution in [2.24, 2.45) is 0 Å². The minimum absolute atomic E-state index is 0.142. The summed E-state index contributed by atoms with van der Waals surface area (Å²) in [6.45, 7) is 3.84. The van der Waals surface area contributed by atoms with Gasteiger partial charge in [-0.3, -0.25) is 4.79 Å². The summed E-state index contributed by atoms with van der Waals surface area (Å²) in [5, 5.41) is 25.6. The van der Waals surface area contributed by atoms with Gasteiger partial charge in [-0.2, -0.15) is 0 Å². The van der Waals surface area contributed by atoms with E-state index >= 15 is 0 Å². The highest BCUT2D eigenvalue weighted by Crippen LogP contribution is 2.47. The van der Waals surface area contributed by atoms with Crippen LogP contribution in [-0.4, -0.2) is 29.3 Å². The van der Waals surface area contributed by atoms with E-state index in [0.717, 1.165) is 11.3 Å². The number of amides is 1. The Morgan fingerprint density at radius 3 is 2.50 bits per heavy atom. The summed E-state index contributed by atoms with van der Waals surface area (Å²) in [6.07, 6.45) is 2.22. The third kappa shape index (κ3) is 3.10. The quantitative estimate of drug-likeness (QED) is 0.611. The van der Waals surface area contributed by atoms with Gasteiger partial charge in [-0.05, 0) is 55.3 Å². The molecule has 0 aliphatic carbocycles. The van der Waals surface area contributed by atoms with Gasteiger partial charge in [-0.1, -0.05) is 30.3 Å². The van der Waals surface area contributed by atoms with Crippen molar-refractivity contribution < 1.29 is 24.2 Å². The lowest BCUT2D eigenvalue weighted by Crippen LogP contribution is -2.52. The standard InChI is InChI=1S/C24H23NO5/c1-14-13-18(30-15(14)2)11-9-16-10-12-19-20(21(16)26)24(28,17-7-5-4-6-8-17)22(29-3)23(27)25-19/h4-13,22,26,28H,1-3H3,(H,25,27)/b11-9+. The van der Waals surface area contributed by atoms with E-state index in [4.69, 9.17) is 9.15 Å². The third-order valence-corrected chi connectivity index (χ3v) is 5.53. The number of phenolic OH excluding ortho intramolecular Hbond substituents is 1. The average molecular weight is 405 g/mol. The van der Waals surface area contributed by atoms with Crippen molar-refractivity contribution in [3.63, 3.8) is 0 Å². The van der Waals surface area contributed by atoms with Gasteiger partial charge in [0.1, 0.15) is 17.3 Å². The number of aryl methyl sites for hydroxylation is 2. The van der Waals surface area contributed by atoms with E-state index < -0.39 is 17.6 Å². The molecule has 4 rings (SSSR count). The van der Waals surface area contributed by atoms with Gasteiger partial charge >= 0.3 is 0 Å². The molecule has 154 valence electrons. The fraction of sp³-hybridized carbons (Fsp3) is 0.208. The molecule has 0 radical (unpaired) electrons. The molecule has 6 nitrogen and oxygen atoms in total. The number of aromatic hydroxyl groups is 1. The van der Waals surface area contributed by atoms with Gasteiger partial charge < -0.3 is 24.7 Å². The van der Waals surface area contributed by atoms with Crippen LogP contribution in [0.3, 0.4) is 0 Å². The SMILES string of the molecule is COC1C(=O)Nc2ccc(/C=C/c3cc(C)c(C)o3)c(O)c2C1(O)c1ccccc1. The Morgan fingerprint density at radius 1 is 1.13 bits per heavy atom. The first-order valence-corrected chi connectivity index (χ1v) is 9.59. The molecule has 2 heterocycles. The molecule has 30 heavy (non-hydrogen) atoms. The molecule has 1 aromatic heterocycles. The van der Waals surface area contributed by atoms with Crippen molar-refractivity contribution in [2.45, 2.75) is 25.6 Å². The van der Waals surface area contributed by atoms with Gasteiger partial charge in [-0.15, -0.1) is 0 Å². The molecule has 1 aliphatic rings. The van der Waals surface area contributed by atoms with Crippen molar-refractivity contribution in [1.82, 2.24) is 0 Å². The van der Waals surface area contributed by atoms with E-state index in [1.54, 1.807) is 48.6 Å². The minimum Gasteiger partial charge on any atom is -0.507 e. The monoisotopic (exact) mass is 405 g/mol. The van der Waals surface area contributed by atoms with Crippen LogP contribution in [0.4, 0.5) is 5.69 Å². The lowest BCUT2D eigenvalue weighted by molar-refractivity contribution is -0.142. The zero-order valence-corrected chi connectivity index (χ0v) is 17.0. The zero-order valence-electron chi connectivity index (χ0n) is 17.0. The lowest BCUT2D eigenvalue weighted by atomic mass is 9.77. The summed E-state index contributed by atoms with van der Waals surface area (Å²) in [4.78, 5) is 12.6. The van der Waals surface area contributed by atoms with Crippen LogP contribution in [0.2, 0.25) is 0 Å². The van der Waals surface area contributed by atoms with Crippen LogP contribution in [-0.2, 0) is 15.1 Å². The smallest absolute Gasteiger partial charge is 0.257 e. The molecule has 2 atom stereocenters. The normalized spacial score (nSPS) is 20.9. The van der Waals surface area contributed by atoms with Crippen molar-refractivity contribution in [2.75, 3.05) is 12.4 Å². The van der Waals surface area contributed by atoms with E-state index in [-0.39, 0.29) is 11.3 Å². The highest BCUT2D eigenvalue weighted by atomic mass is 16.5. The maximum atomic E-state index is 12.6. The number of methoxy groups -OCH3 is 1. The maximum Gasteiger partial charge on any atom is 0.257 e. The second-order valence-electron chi connectivity index (χ2n) is 7.38. The van der Waals surface area contributed by atoms with Crippen LogP contribution in [0, 0.1) is 13.8 Å². The van der Waals surface area contributed by atoms with Gasteiger partial charge in [0, 0.05) is 12.7 Å². The van der Waals surface area contributed by atoms with Crippen LogP contribution in [0.15, 0.2) is 52.9 Å². The number of benzene rings is 2. The highest BCUT2D eigenvalue weighted by Gasteiger charge is 2.51. The molecule has 2 unspecified atom stereocenters. The average Bonchev–Trinajstić information content (AvgIpc) is 3.05. The summed E-state index contributed by atoms with van der Waals surface area (Å²) in [7, 11) is 1.35. The number of rotatable bonds is 4. The van der Waals surface area contributed by atoms with Crippen molar-refractivity contribution in [1.29, 1.82) is 0 Å². The Labute approximate surface area is 174 Å². The number of furan rings is 1. The molecule has 1 aliphatic heterocycles.